The summed E-state index contributed by atoms with van der Waals surface area (Å²) in [4.78, 5) is 3.55. The maximum atomic E-state index is 9.02. The monoisotopic (exact) mass is 355 g/mol. The van der Waals surface area contributed by atoms with Gasteiger partial charge in [0.05, 0.1) is 16.6 Å². The molecule has 0 radical (unpaired) electrons. The Morgan fingerprint density at radius 1 is 1.32 bits per heavy atom. The Hall–Kier alpha value is -1.84. The zero-order chi connectivity index (χ0) is 17.6. The number of unbranched alkanes of at least 4 members (excludes halogenated alkanes) is 1. The lowest BCUT2D eigenvalue weighted by molar-refractivity contribution is -0.350. The molecule has 0 fully saturated rings. The third-order valence-corrected chi connectivity index (χ3v) is 5.89. The Labute approximate surface area is 153 Å². The van der Waals surface area contributed by atoms with Crippen molar-refractivity contribution in [2.24, 2.45) is 5.92 Å². The Balaban J connectivity index is 1.77. The first kappa shape index (κ1) is 16.6. The second-order valence-corrected chi connectivity index (χ2v) is 7.73. The van der Waals surface area contributed by atoms with E-state index < -0.39 is 0 Å². The average Bonchev–Trinajstić information content (AvgIpc) is 2.59. The van der Waals surface area contributed by atoms with Gasteiger partial charge < -0.3 is 10.8 Å². The summed E-state index contributed by atoms with van der Waals surface area (Å²) in [7, 11) is 0. The van der Waals surface area contributed by atoms with Gasteiger partial charge in [0.25, 0.3) is 0 Å². The van der Waals surface area contributed by atoms with E-state index in [0.29, 0.717) is 16.9 Å². The fourth-order valence-corrected chi connectivity index (χ4v) is 4.61. The van der Waals surface area contributed by atoms with Crippen molar-refractivity contribution >= 4 is 33.8 Å². The van der Waals surface area contributed by atoms with Crippen molar-refractivity contribution in [3.8, 4) is 0 Å². The fraction of sp³-hybridized carbons (Fsp3) is 0.381. The van der Waals surface area contributed by atoms with E-state index in [9.17, 15) is 0 Å². The van der Waals surface area contributed by atoms with E-state index in [0.717, 1.165) is 60.0 Å². The van der Waals surface area contributed by atoms with Crippen molar-refractivity contribution in [1.82, 2.24) is 0 Å². The van der Waals surface area contributed by atoms with Gasteiger partial charge in [-0.1, -0.05) is 29.8 Å². The lowest BCUT2D eigenvalue weighted by atomic mass is 9.68. The molecule has 2 aromatic rings. The number of rotatable bonds is 4. The van der Waals surface area contributed by atoms with Gasteiger partial charge in [-0.05, 0) is 50.2 Å². The molecule has 130 valence electrons. The highest BCUT2D eigenvalue weighted by molar-refractivity contribution is 6.31. The van der Waals surface area contributed by atoms with E-state index >= 15 is 0 Å². The zero-order valence-corrected chi connectivity index (χ0v) is 15.1. The largest absolute Gasteiger partial charge is 0.398 e. The molecule has 0 aliphatic heterocycles. The molecule has 0 spiro atoms. The first-order chi connectivity index (χ1) is 12.1. The van der Waals surface area contributed by atoms with E-state index in [-0.39, 0.29) is 6.61 Å². The van der Waals surface area contributed by atoms with Gasteiger partial charge in [-0.25, -0.2) is 4.98 Å². The van der Waals surface area contributed by atoms with Gasteiger partial charge in [-0.15, -0.1) is 0 Å². The number of benzene rings is 1. The lowest BCUT2D eigenvalue weighted by Gasteiger charge is -2.35. The lowest BCUT2D eigenvalue weighted by Crippen LogP contribution is -2.29. The van der Waals surface area contributed by atoms with Crippen molar-refractivity contribution in [3.63, 3.8) is 0 Å². The summed E-state index contributed by atoms with van der Waals surface area (Å²) in [5.74, 6) is 0.818. The van der Waals surface area contributed by atoms with Crippen molar-refractivity contribution < 1.29 is 10.1 Å². The normalized spacial score (nSPS) is 22.0. The Bertz CT molecular complexity index is 887. The first-order valence-electron chi connectivity index (χ1n) is 9.02. The standard InChI is InChI=1S/C21H23ClN2O/c1-12-14-8-13(4-2-3-7-25)9-15(10-14)19-20(23)17-6-5-16(22)11-18(17)24-21(12)19/h5-6,8,11,14-15,25H,1-4,7,9-10H2,(H2,23,24)/p+1. The molecule has 2 bridgehead atoms. The van der Waals surface area contributed by atoms with Gasteiger partial charge in [-0.2, -0.15) is 0 Å². The molecule has 25 heavy (non-hydrogen) atoms. The molecule has 2 aliphatic rings. The van der Waals surface area contributed by atoms with Crippen molar-refractivity contribution in [3.05, 3.63) is 52.7 Å². The van der Waals surface area contributed by atoms with E-state index in [2.05, 4.69) is 17.6 Å². The van der Waals surface area contributed by atoms with Gasteiger partial charge in [0.15, 0.2) is 0 Å². The van der Waals surface area contributed by atoms with E-state index in [1.165, 1.54) is 11.1 Å². The molecule has 0 saturated heterocycles. The highest BCUT2D eigenvalue weighted by Gasteiger charge is 2.38. The fourth-order valence-electron chi connectivity index (χ4n) is 4.44. The van der Waals surface area contributed by atoms with Gasteiger partial charge in [0, 0.05) is 29.2 Å². The number of halogens is 1. The van der Waals surface area contributed by atoms with E-state index in [1.54, 1.807) is 0 Å². The SMILES string of the molecule is C=C1c2[nH+]c3cc(Cl)ccc3c(N)c2C2CC(CCCCO)=CC1C2. The van der Waals surface area contributed by atoms with Crippen LogP contribution in [-0.4, -0.2) is 11.7 Å². The van der Waals surface area contributed by atoms with Crippen LogP contribution in [0.2, 0.25) is 5.02 Å². The maximum absolute atomic E-state index is 9.02. The second kappa shape index (κ2) is 6.47. The molecule has 0 amide bonds. The Morgan fingerprint density at radius 2 is 2.16 bits per heavy atom. The van der Waals surface area contributed by atoms with E-state index in [4.69, 9.17) is 22.4 Å². The van der Waals surface area contributed by atoms with Gasteiger partial charge in [-0.3, -0.25) is 0 Å². The van der Waals surface area contributed by atoms with Crippen LogP contribution in [0.1, 0.15) is 49.3 Å². The van der Waals surface area contributed by atoms with Crippen LogP contribution in [0.25, 0.3) is 16.5 Å². The topological polar surface area (TPSA) is 60.4 Å². The quantitative estimate of drug-likeness (QED) is 0.626. The summed E-state index contributed by atoms with van der Waals surface area (Å²) in [6, 6.07) is 5.82. The average molecular weight is 356 g/mol. The second-order valence-electron chi connectivity index (χ2n) is 7.29. The number of hydrogen-bond donors (Lipinski definition) is 2. The maximum Gasteiger partial charge on any atom is 0.214 e. The number of aromatic nitrogens is 1. The van der Waals surface area contributed by atoms with Crippen LogP contribution in [0.4, 0.5) is 5.69 Å². The number of aliphatic hydroxyl groups excluding tert-OH is 1. The number of H-pyrrole nitrogens is 1. The molecule has 4 heteroatoms. The molecule has 1 aromatic heterocycles. The summed E-state index contributed by atoms with van der Waals surface area (Å²) < 4.78 is 0. The molecule has 0 saturated carbocycles. The number of anilines is 1. The number of aromatic amines is 1. The van der Waals surface area contributed by atoms with Crippen LogP contribution in [-0.2, 0) is 0 Å². The molecular weight excluding hydrogens is 332 g/mol. The number of nitrogens with two attached hydrogens (primary N) is 1. The first-order valence-corrected chi connectivity index (χ1v) is 9.39. The molecule has 3 nitrogen and oxygen atoms in total. The molecule has 1 aromatic carbocycles. The van der Waals surface area contributed by atoms with Gasteiger partial charge in [0.2, 0.25) is 11.2 Å². The van der Waals surface area contributed by atoms with Crippen LogP contribution >= 0.6 is 11.6 Å². The van der Waals surface area contributed by atoms with Crippen LogP contribution in [0.5, 0.6) is 0 Å². The van der Waals surface area contributed by atoms with E-state index in [1.807, 2.05) is 18.2 Å². The highest BCUT2D eigenvalue weighted by atomic mass is 35.5. The molecule has 2 aliphatic carbocycles. The van der Waals surface area contributed by atoms with Crippen LogP contribution < -0.4 is 10.7 Å². The van der Waals surface area contributed by atoms with Gasteiger partial charge >= 0.3 is 0 Å². The summed E-state index contributed by atoms with van der Waals surface area (Å²) >= 11 is 6.16. The molecule has 2 unspecified atom stereocenters. The minimum absolute atomic E-state index is 0.270. The molecular formula is C21H24ClN2O+. The minimum atomic E-state index is 0.270. The number of fused-ring (bicyclic) bond motifs is 5. The van der Waals surface area contributed by atoms with Crippen molar-refractivity contribution in [2.75, 3.05) is 12.3 Å². The molecule has 4 rings (SSSR count). The number of allylic oxidation sites excluding steroid dienone is 3. The number of hydrogen-bond acceptors (Lipinski definition) is 2. The van der Waals surface area contributed by atoms with Gasteiger partial charge in [0.1, 0.15) is 0 Å². The third-order valence-electron chi connectivity index (χ3n) is 5.66. The third kappa shape index (κ3) is 2.86. The number of aliphatic hydroxyl groups is 1. The molecule has 1 heterocycles. The summed E-state index contributed by atoms with van der Waals surface area (Å²) in [5.41, 5.74) is 13.4. The van der Waals surface area contributed by atoms with Crippen LogP contribution in [0.3, 0.4) is 0 Å². The number of nitrogens with one attached hydrogen (secondary N) is 1. The van der Waals surface area contributed by atoms with Crippen molar-refractivity contribution in [1.29, 1.82) is 0 Å². The summed E-state index contributed by atoms with van der Waals surface area (Å²) in [5, 5.41) is 10.8. The minimum Gasteiger partial charge on any atom is -0.398 e. The summed E-state index contributed by atoms with van der Waals surface area (Å²) in [6.07, 6.45) is 7.50. The van der Waals surface area contributed by atoms with Crippen LogP contribution in [0.15, 0.2) is 36.4 Å². The van der Waals surface area contributed by atoms with Crippen LogP contribution in [0, 0.1) is 5.92 Å². The summed E-state index contributed by atoms with van der Waals surface area (Å²) in [6.45, 7) is 4.64. The number of nitrogen functional groups attached to an aromatic ring is 1. The number of pyridine rings is 1. The van der Waals surface area contributed by atoms with Crippen molar-refractivity contribution in [2.45, 2.75) is 38.0 Å². The predicted octanol–water partition coefficient (Wildman–Crippen LogP) is 4.50. The Kier molecular flexibility index (Phi) is 4.30. The Morgan fingerprint density at radius 3 is 2.96 bits per heavy atom. The zero-order valence-electron chi connectivity index (χ0n) is 14.3. The predicted molar refractivity (Wildman–Crippen MR) is 103 cm³/mol. The smallest absolute Gasteiger partial charge is 0.214 e. The molecule has 4 N–H and O–H groups in total. The molecule has 2 atom stereocenters. The highest BCUT2D eigenvalue weighted by Crippen LogP contribution is 2.50.